The van der Waals surface area contributed by atoms with Crippen molar-refractivity contribution in [3.8, 4) is 11.3 Å². The second-order valence-electron chi connectivity index (χ2n) is 3.37. The number of nitrogens with two attached hydrogens (primary N) is 1. The van der Waals surface area contributed by atoms with Crippen LogP contribution in [0, 0.1) is 0 Å². The van der Waals surface area contributed by atoms with Gasteiger partial charge in [-0.25, -0.2) is 4.98 Å². The van der Waals surface area contributed by atoms with Gasteiger partial charge in [0.2, 0.25) is 5.91 Å². The molecule has 5 nitrogen and oxygen atoms in total. The number of pyridine rings is 1. The van der Waals surface area contributed by atoms with E-state index in [-0.39, 0.29) is 5.91 Å². The first kappa shape index (κ1) is 11.7. The van der Waals surface area contributed by atoms with E-state index in [1.807, 2.05) is 17.5 Å². The molecule has 0 aromatic carbocycles. The Kier molecular flexibility index (Phi) is 3.79. The first-order valence-corrected chi connectivity index (χ1v) is 6.03. The minimum absolute atomic E-state index is 0.111. The summed E-state index contributed by atoms with van der Waals surface area (Å²) in [5, 5.41) is 5.17. The standard InChI is InChI=1S/C11H12N4OS/c12-4-3-10(16)15-11-14-9(7-17-11)8-2-1-5-13-6-8/h1-2,5-7H,3-4,12H2,(H,14,15,16). The third-order valence-corrected chi connectivity index (χ3v) is 2.84. The van der Waals surface area contributed by atoms with Crippen molar-refractivity contribution in [1.29, 1.82) is 0 Å². The fourth-order valence-electron chi connectivity index (χ4n) is 1.29. The zero-order chi connectivity index (χ0) is 12.1. The number of nitrogens with one attached hydrogen (secondary N) is 1. The van der Waals surface area contributed by atoms with Gasteiger partial charge >= 0.3 is 0 Å². The Morgan fingerprint density at radius 3 is 3.12 bits per heavy atom. The molecule has 0 radical (unpaired) electrons. The lowest BCUT2D eigenvalue weighted by atomic mass is 10.2. The molecule has 3 N–H and O–H groups in total. The van der Waals surface area contributed by atoms with Crippen LogP contribution in [0.2, 0.25) is 0 Å². The summed E-state index contributed by atoms with van der Waals surface area (Å²) in [5.74, 6) is -0.111. The fourth-order valence-corrected chi connectivity index (χ4v) is 2.03. The normalized spacial score (nSPS) is 10.2. The van der Waals surface area contributed by atoms with Crippen LogP contribution in [-0.4, -0.2) is 22.4 Å². The molecule has 0 saturated carbocycles. The first-order valence-electron chi connectivity index (χ1n) is 5.15. The molecule has 17 heavy (non-hydrogen) atoms. The number of thiazole rings is 1. The van der Waals surface area contributed by atoms with E-state index in [0.29, 0.717) is 18.1 Å². The highest BCUT2D eigenvalue weighted by molar-refractivity contribution is 7.14. The van der Waals surface area contributed by atoms with Gasteiger partial charge in [0, 0.05) is 36.3 Å². The molecule has 6 heteroatoms. The van der Waals surface area contributed by atoms with E-state index in [1.54, 1.807) is 12.4 Å². The second-order valence-corrected chi connectivity index (χ2v) is 4.22. The highest BCUT2D eigenvalue weighted by Crippen LogP contribution is 2.23. The van der Waals surface area contributed by atoms with E-state index in [9.17, 15) is 4.79 Å². The van der Waals surface area contributed by atoms with Crippen LogP contribution in [0.3, 0.4) is 0 Å². The Morgan fingerprint density at radius 2 is 2.41 bits per heavy atom. The van der Waals surface area contributed by atoms with Crippen LogP contribution >= 0.6 is 11.3 Å². The molecule has 0 unspecified atom stereocenters. The van der Waals surface area contributed by atoms with E-state index >= 15 is 0 Å². The van der Waals surface area contributed by atoms with E-state index < -0.39 is 0 Å². The summed E-state index contributed by atoms with van der Waals surface area (Å²) in [6.45, 7) is 0.340. The number of amides is 1. The summed E-state index contributed by atoms with van der Waals surface area (Å²) in [6, 6.07) is 3.77. The van der Waals surface area contributed by atoms with Gasteiger partial charge in [-0.2, -0.15) is 0 Å². The molecule has 0 aliphatic heterocycles. The lowest BCUT2D eigenvalue weighted by molar-refractivity contribution is -0.116. The van der Waals surface area contributed by atoms with Crippen molar-refractivity contribution in [1.82, 2.24) is 9.97 Å². The zero-order valence-electron chi connectivity index (χ0n) is 9.09. The lowest BCUT2D eigenvalue weighted by Crippen LogP contribution is -2.15. The molecule has 1 amide bonds. The van der Waals surface area contributed by atoms with Gasteiger partial charge in [0.05, 0.1) is 5.69 Å². The number of hydrogen-bond donors (Lipinski definition) is 2. The molecule has 2 rings (SSSR count). The van der Waals surface area contributed by atoms with Gasteiger partial charge in [-0.1, -0.05) is 0 Å². The van der Waals surface area contributed by atoms with Crippen LogP contribution in [0.4, 0.5) is 5.13 Å². The van der Waals surface area contributed by atoms with Crippen LogP contribution in [0.1, 0.15) is 6.42 Å². The van der Waals surface area contributed by atoms with E-state index in [1.165, 1.54) is 11.3 Å². The summed E-state index contributed by atoms with van der Waals surface area (Å²) in [7, 11) is 0. The summed E-state index contributed by atoms with van der Waals surface area (Å²) >= 11 is 1.39. The maximum atomic E-state index is 11.3. The van der Waals surface area contributed by atoms with Gasteiger partial charge in [-0.15, -0.1) is 11.3 Å². The third kappa shape index (κ3) is 3.08. The predicted molar refractivity (Wildman–Crippen MR) is 67.6 cm³/mol. The van der Waals surface area contributed by atoms with Gasteiger partial charge in [0.1, 0.15) is 0 Å². The van der Waals surface area contributed by atoms with Gasteiger partial charge < -0.3 is 11.1 Å². The van der Waals surface area contributed by atoms with Crippen LogP contribution in [0.15, 0.2) is 29.9 Å². The van der Waals surface area contributed by atoms with Crippen molar-refractivity contribution in [3.63, 3.8) is 0 Å². The van der Waals surface area contributed by atoms with Crippen LogP contribution in [0.5, 0.6) is 0 Å². The van der Waals surface area contributed by atoms with Crippen LogP contribution < -0.4 is 11.1 Å². The molecule has 0 aliphatic rings. The molecule has 0 fully saturated rings. The highest BCUT2D eigenvalue weighted by atomic mass is 32.1. The van der Waals surface area contributed by atoms with Crippen molar-refractivity contribution < 1.29 is 4.79 Å². The Bertz CT molecular complexity index is 497. The van der Waals surface area contributed by atoms with E-state index in [2.05, 4.69) is 15.3 Å². The number of rotatable bonds is 4. The topological polar surface area (TPSA) is 80.9 Å². The fraction of sp³-hybridized carbons (Fsp3) is 0.182. The van der Waals surface area contributed by atoms with Crippen molar-refractivity contribution in [2.24, 2.45) is 5.73 Å². The Hall–Kier alpha value is -1.79. The number of hydrogen-bond acceptors (Lipinski definition) is 5. The number of nitrogens with zero attached hydrogens (tertiary/aromatic N) is 2. The van der Waals surface area contributed by atoms with Gasteiger partial charge in [-0.05, 0) is 12.1 Å². The lowest BCUT2D eigenvalue weighted by Gasteiger charge is -1.98. The van der Waals surface area contributed by atoms with Gasteiger partial charge in [-0.3, -0.25) is 9.78 Å². The molecule has 0 spiro atoms. The SMILES string of the molecule is NCCC(=O)Nc1nc(-c2cccnc2)cs1. The minimum atomic E-state index is -0.111. The third-order valence-electron chi connectivity index (χ3n) is 2.08. The molecule has 0 aliphatic carbocycles. The second kappa shape index (κ2) is 5.51. The largest absolute Gasteiger partial charge is 0.330 e. The average molecular weight is 248 g/mol. The van der Waals surface area contributed by atoms with Gasteiger partial charge in [0.15, 0.2) is 5.13 Å². The van der Waals surface area contributed by atoms with E-state index in [4.69, 9.17) is 5.73 Å². The molecule has 0 bridgehead atoms. The number of carbonyl (C=O) groups excluding carboxylic acids is 1. The summed E-state index contributed by atoms with van der Waals surface area (Å²) in [5.41, 5.74) is 7.04. The Morgan fingerprint density at radius 1 is 1.53 bits per heavy atom. The monoisotopic (exact) mass is 248 g/mol. The van der Waals surface area contributed by atoms with Crippen molar-refractivity contribution >= 4 is 22.4 Å². The molecule has 0 atom stereocenters. The summed E-state index contributed by atoms with van der Waals surface area (Å²) in [4.78, 5) is 19.7. The Balaban J connectivity index is 2.09. The maximum Gasteiger partial charge on any atom is 0.227 e. The molecular weight excluding hydrogens is 236 g/mol. The molecular formula is C11H12N4OS. The molecule has 2 aromatic heterocycles. The van der Waals surface area contributed by atoms with Crippen molar-refractivity contribution in [2.45, 2.75) is 6.42 Å². The van der Waals surface area contributed by atoms with E-state index in [0.717, 1.165) is 11.3 Å². The number of aromatic nitrogens is 2. The maximum absolute atomic E-state index is 11.3. The van der Waals surface area contributed by atoms with Crippen molar-refractivity contribution in [2.75, 3.05) is 11.9 Å². The molecule has 0 saturated heterocycles. The quantitative estimate of drug-likeness (QED) is 0.859. The first-order chi connectivity index (χ1) is 8.29. The molecule has 2 aromatic rings. The van der Waals surface area contributed by atoms with Crippen LogP contribution in [-0.2, 0) is 4.79 Å². The highest BCUT2D eigenvalue weighted by Gasteiger charge is 2.07. The molecule has 88 valence electrons. The number of anilines is 1. The Labute approximate surface area is 103 Å². The minimum Gasteiger partial charge on any atom is -0.330 e. The smallest absolute Gasteiger partial charge is 0.227 e. The predicted octanol–water partition coefficient (Wildman–Crippen LogP) is 1.49. The van der Waals surface area contributed by atoms with Gasteiger partial charge in [0.25, 0.3) is 0 Å². The molecule has 2 heterocycles. The van der Waals surface area contributed by atoms with Crippen LogP contribution in [0.25, 0.3) is 11.3 Å². The summed E-state index contributed by atoms with van der Waals surface area (Å²) in [6.07, 6.45) is 3.75. The summed E-state index contributed by atoms with van der Waals surface area (Å²) < 4.78 is 0. The number of carbonyl (C=O) groups is 1. The van der Waals surface area contributed by atoms with Crippen molar-refractivity contribution in [3.05, 3.63) is 29.9 Å². The average Bonchev–Trinajstić information content (AvgIpc) is 2.79. The zero-order valence-corrected chi connectivity index (χ0v) is 9.91.